The lowest BCUT2D eigenvalue weighted by Gasteiger charge is -2.01. The second-order valence-electron chi connectivity index (χ2n) is 4.97. The number of aromatic hydroxyl groups is 1. The third kappa shape index (κ3) is 2.47. The Balaban J connectivity index is 1.99. The standard InChI is InChI=1S/C16H8BrIN2O2S/c17-9-5-8(6-10(18)14(9)21)7-13-15(22)20-12-4-2-1-3-11(12)19-16(20)23-13/h1-7,21H/b13-7-. The Morgan fingerprint density at radius 2 is 2.09 bits per heavy atom. The van der Waals surface area contributed by atoms with Crippen LogP contribution >= 0.6 is 49.9 Å². The highest BCUT2D eigenvalue weighted by molar-refractivity contribution is 14.1. The Labute approximate surface area is 156 Å². The molecule has 4 rings (SSSR count). The van der Waals surface area contributed by atoms with E-state index in [9.17, 15) is 9.90 Å². The average molecular weight is 499 g/mol. The molecule has 0 saturated heterocycles. The number of para-hydroxylation sites is 2. The number of thiazole rings is 1. The second-order valence-corrected chi connectivity index (χ2v) is 7.99. The fraction of sp³-hybridized carbons (Fsp3) is 0. The third-order valence-electron chi connectivity index (χ3n) is 3.48. The summed E-state index contributed by atoms with van der Waals surface area (Å²) in [6, 6.07) is 11.2. The number of aromatic nitrogens is 2. The van der Waals surface area contributed by atoms with Crippen molar-refractivity contribution in [1.29, 1.82) is 0 Å². The summed E-state index contributed by atoms with van der Waals surface area (Å²) in [6.07, 6.45) is 1.82. The number of benzene rings is 2. The molecule has 0 bridgehead atoms. The first-order valence-electron chi connectivity index (χ1n) is 6.64. The molecule has 0 radical (unpaired) electrons. The molecule has 1 N–H and O–H groups in total. The van der Waals surface area contributed by atoms with Crippen LogP contribution in [0.4, 0.5) is 0 Å². The minimum Gasteiger partial charge on any atom is -0.506 e. The van der Waals surface area contributed by atoms with Crippen molar-refractivity contribution in [2.45, 2.75) is 0 Å². The SMILES string of the molecule is O=c1/c(=C/c2cc(Br)c(O)c(I)c2)sc2nc3ccccc3n12. The zero-order valence-corrected chi connectivity index (χ0v) is 16.0. The van der Waals surface area contributed by atoms with Gasteiger partial charge in [0.05, 0.1) is 23.6 Å². The Morgan fingerprint density at radius 3 is 2.87 bits per heavy atom. The predicted molar refractivity (Wildman–Crippen MR) is 104 cm³/mol. The largest absolute Gasteiger partial charge is 0.506 e. The molecule has 4 aromatic rings. The van der Waals surface area contributed by atoms with Crippen LogP contribution in [0.25, 0.3) is 22.1 Å². The van der Waals surface area contributed by atoms with Gasteiger partial charge in [-0.2, -0.15) is 0 Å². The zero-order valence-electron chi connectivity index (χ0n) is 11.5. The predicted octanol–water partition coefficient (Wildman–Crippen LogP) is 3.53. The summed E-state index contributed by atoms with van der Waals surface area (Å²) in [7, 11) is 0. The van der Waals surface area contributed by atoms with Gasteiger partial charge in [-0.25, -0.2) is 9.38 Å². The van der Waals surface area contributed by atoms with Crippen molar-refractivity contribution < 1.29 is 5.11 Å². The van der Waals surface area contributed by atoms with Gasteiger partial charge in [-0.1, -0.05) is 23.5 Å². The molecule has 0 unspecified atom stereocenters. The summed E-state index contributed by atoms with van der Waals surface area (Å²) in [5, 5.41) is 9.81. The number of phenolic OH excluding ortho intramolecular Hbond substituents is 1. The fourth-order valence-corrected chi connectivity index (χ4v) is 4.92. The van der Waals surface area contributed by atoms with Gasteiger partial charge in [0.25, 0.3) is 5.56 Å². The monoisotopic (exact) mass is 498 g/mol. The van der Waals surface area contributed by atoms with E-state index in [-0.39, 0.29) is 11.3 Å². The molecule has 0 spiro atoms. The molecule has 0 saturated carbocycles. The summed E-state index contributed by atoms with van der Waals surface area (Å²) in [6.45, 7) is 0. The summed E-state index contributed by atoms with van der Waals surface area (Å²) in [5.41, 5.74) is 2.43. The van der Waals surface area contributed by atoms with Gasteiger partial charge in [0.1, 0.15) is 5.75 Å². The number of phenols is 1. The van der Waals surface area contributed by atoms with E-state index in [0.717, 1.165) is 20.2 Å². The van der Waals surface area contributed by atoms with Crippen LogP contribution in [0.2, 0.25) is 0 Å². The smallest absolute Gasteiger partial charge is 0.274 e. The van der Waals surface area contributed by atoms with E-state index in [1.165, 1.54) is 11.3 Å². The first-order chi connectivity index (χ1) is 11.0. The molecule has 0 aliphatic carbocycles. The first kappa shape index (κ1) is 15.1. The number of fused-ring (bicyclic) bond motifs is 3. The van der Waals surface area contributed by atoms with Gasteiger partial charge in [-0.15, -0.1) is 0 Å². The quantitative estimate of drug-likeness (QED) is 0.408. The Bertz CT molecular complexity index is 1160. The van der Waals surface area contributed by atoms with Gasteiger partial charge in [-0.05, 0) is 74.4 Å². The van der Waals surface area contributed by atoms with E-state index in [0.29, 0.717) is 14.0 Å². The number of hydrogen-bond acceptors (Lipinski definition) is 4. The number of rotatable bonds is 1. The van der Waals surface area contributed by atoms with E-state index < -0.39 is 0 Å². The first-order valence-corrected chi connectivity index (χ1v) is 9.33. The van der Waals surface area contributed by atoms with E-state index in [2.05, 4.69) is 43.5 Å². The van der Waals surface area contributed by atoms with Crippen molar-refractivity contribution in [3.05, 3.63) is 64.9 Å². The Morgan fingerprint density at radius 1 is 1.30 bits per heavy atom. The Hall–Kier alpha value is -1.45. The molecule has 2 aromatic heterocycles. The maximum Gasteiger partial charge on any atom is 0.274 e. The van der Waals surface area contributed by atoms with E-state index >= 15 is 0 Å². The summed E-state index contributed by atoms with van der Waals surface area (Å²) >= 11 is 6.74. The molecule has 0 aliphatic rings. The highest BCUT2D eigenvalue weighted by Crippen LogP contribution is 2.30. The van der Waals surface area contributed by atoms with Crippen molar-refractivity contribution >= 4 is 71.9 Å². The maximum atomic E-state index is 12.7. The van der Waals surface area contributed by atoms with Gasteiger partial charge >= 0.3 is 0 Å². The highest BCUT2D eigenvalue weighted by Gasteiger charge is 2.11. The van der Waals surface area contributed by atoms with Crippen LogP contribution < -0.4 is 10.1 Å². The second kappa shape index (κ2) is 5.57. The van der Waals surface area contributed by atoms with Gasteiger partial charge in [0.2, 0.25) is 0 Å². The topological polar surface area (TPSA) is 54.6 Å². The minimum atomic E-state index is -0.0714. The van der Waals surface area contributed by atoms with Gasteiger partial charge in [0.15, 0.2) is 4.96 Å². The molecule has 0 amide bonds. The lowest BCUT2D eigenvalue weighted by atomic mass is 10.2. The van der Waals surface area contributed by atoms with Crippen LogP contribution in [0.3, 0.4) is 0 Å². The van der Waals surface area contributed by atoms with Crippen molar-refractivity contribution in [3.8, 4) is 5.75 Å². The summed E-state index contributed by atoms with van der Waals surface area (Å²) in [5.74, 6) is 0.206. The lowest BCUT2D eigenvalue weighted by Crippen LogP contribution is -2.22. The summed E-state index contributed by atoms with van der Waals surface area (Å²) in [4.78, 5) is 17.9. The number of hydrogen-bond donors (Lipinski definition) is 1. The van der Waals surface area contributed by atoms with Crippen LogP contribution in [0.1, 0.15) is 5.56 Å². The number of nitrogens with zero attached hydrogens (tertiary/aromatic N) is 2. The van der Waals surface area contributed by atoms with Crippen LogP contribution in [0, 0.1) is 3.57 Å². The molecule has 4 nitrogen and oxygen atoms in total. The van der Waals surface area contributed by atoms with Crippen molar-refractivity contribution in [2.75, 3.05) is 0 Å². The van der Waals surface area contributed by atoms with Crippen molar-refractivity contribution in [2.24, 2.45) is 0 Å². The molecule has 0 atom stereocenters. The summed E-state index contributed by atoms with van der Waals surface area (Å²) < 4.78 is 3.59. The van der Waals surface area contributed by atoms with Crippen LogP contribution in [0.15, 0.2) is 45.7 Å². The molecule has 114 valence electrons. The third-order valence-corrected chi connectivity index (χ3v) is 5.88. The van der Waals surface area contributed by atoms with E-state index in [1.54, 1.807) is 10.5 Å². The van der Waals surface area contributed by atoms with E-state index in [1.807, 2.05) is 36.4 Å². The minimum absolute atomic E-state index is 0.0714. The molecule has 2 heterocycles. The van der Waals surface area contributed by atoms with Gasteiger partial charge < -0.3 is 5.11 Å². The average Bonchev–Trinajstić information content (AvgIpc) is 3.02. The maximum absolute atomic E-state index is 12.7. The van der Waals surface area contributed by atoms with Crippen molar-refractivity contribution in [1.82, 2.24) is 9.38 Å². The lowest BCUT2D eigenvalue weighted by molar-refractivity contribution is 0.468. The molecule has 7 heteroatoms. The highest BCUT2D eigenvalue weighted by atomic mass is 127. The molecule has 0 fully saturated rings. The molecule has 0 aliphatic heterocycles. The Kier molecular flexibility index (Phi) is 3.66. The van der Waals surface area contributed by atoms with Crippen LogP contribution in [-0.2, 0) is 0 Å². The molecular weight excluding hydrogens is 491 g/mol. The van der Waals surface area contributed by atoms with E-state index in [4.69, 9.17) is 0 Å². The zero-order chi connectivity index (χ0) is 16.1. The molecule has 2 aromatic carbocycles. The number of imidazole rings is 1. The molecular formula is C16H8BrIN2O2S. The van der Waals surface area contributed by atoms with Crippen LogP contribution in [0.5, 0.6) is 5.75 Å². The fourth-order valence-electron chi connectivity index (χ4n) is 2.43. The van der Waals surface area contributed by atoms with Gasteiger partial charge in [-0.3, -0.25) is 4.79 Å². The van der Waals surface area contributed by atoms with Gasteiger partial charge in [0, 0.05) is 0 Å². The molecule has 23 heavy (non-hydrogen) atoms. The normalized spacial score (nSPS) is 12.5. The van der Waals surface area contributed by atoms with Crippen LogP contribution in [-0.4, -0.2) is 14.5 Å². The van der Waals surface area contributed by atoms with Crippen molar-refractivity contribution in [3.63, 3.8) is 0 Å². The number of halogens is 2.